The molecule has 4 heteroatoms. The fourth-order valence-corrected chi connectivity index (χ4v) is 1.59. The molecule has 0 atom stereocenters. The molecule has 0 amide bonds. The molecule has 0 unspecified atom stereocenters. The van der Waals surface area contributed by atoms with Gasteiger partial charge >= 0.3 is 0 Å². The number of guanidine groups is 1. The molecule has 0 fully saturated rings. The van der Waals surface area contributed by atoms with Crippen molar-refractivity contribution < 1.29 is 0 Å². The van der Waals surface area contributed by atoms with E-state index in [0.29, 0.717) is 6.54 Å². The van der Waals surface area contributed by atoms with E-state index >= 15 is 0 Å². The van der Waals surface area contributed by atoms with E-state index < -0.39 is 0 Å². The lowest BCUT2D eigenvalue weighted by Gasteiger charge is -2.09. The lowest BCUT2D eigenvalue weighted by molar-refractivity contribution is 0.519. The van der Waals surface area contributed by atoms with Gasteiger partial charge in [-0.3, -0.25) is 4.99 Å². The van der Waals surface area contributed by atoms with Gasteiger partial charge in [-0.05, 0) is 12.3 Å². The summed E-state index contributed by atoms with van der Waals surface area (Å²) in [4.78, 5) is 4.08. The van der Waals surface area contributed by atoms with Crippen molar-refractivity contribution in [2.45, 2.75) is 46.0 Å². The summed E-state index contributed by atoms with van der Waals surface area (Å²) >= 11 is 0. The van der Waals surface area contributed by atoms with Crippen LogP contribution in [0.4, 0.5) is 0 Å². The summed E-state index contributed by atoms with van der Waals surface area (Å²) in [6, 6.07) is 0. The van der Waals surface area contributed by atoms with Crippen LogP contribution in [0.2, 0.25) is 0 Å². The first kappa shape index (κ1) is 19.9. The molecular weight excluding hydrogens is 337 g/mol. The molecule has 0 aliphatic carbocycles. The molecule has 0 saturated carbocycles. The van der Waals surface area contributed by atoms with Crippen LogP contribution in [0.15, 0.2) is 4.99 Å². The Morgan fingerprint density at radius 2 is 1.83 bits per heavy atom. The third-order valence-electron chi connectivity index (χ3n) is 2.58. The number of unbranched alkanes of at least 4 members (excludes halogenated alkanes) is 3. The number of rotatable bonds is 8. The van der Waals surface area contributed by atoms with Crippen LogP contribution in [0.25, 0.3) is 0 Å². The molecule has 106 valence electrons. The maximum atomic E-state index is 5.17. The van der Waals surface area contributed by atoms with Crippen molar-refractivity contribution in [3.05, 3.63) is 0 Å². The maximum absolute atomic E-state index is 5.17. The lowest BCUT2D eigenvalue weighted by Crippen LogP contribution is -2.37. The van der Waals surface area contributed by atoms with Gasteiger partial charge in [0.2, 0.25) is 0 Å². The zero-order valence-electron chi connectivity index (χ0n) is 12.0. The third-order valence-corrected chi connectivity index (χ3v) is 2.58. The quantitative estimate of drug-likeness (QED) is 0.228. The Morgan fingerprint density at radius 3 is 2.39 bits per heavy atom. The Bertz CT molecular complexity index is 244. The number of hydrogen-bond donors (Lipinski definition) is 2. The Morgan fingerprint density at radius 1 is 1.17 bits per heavy atom. The molecule has 0 bridgehead atoms. The molecule has 0 aliphatic heterocycles. The summed E-state index contributed by atoms with van der Waals surface area (Å²) in [6.45, 7) is 6.05. The number of halogens is 1. The van der Waals surface area contributed by atoms with Crippen LogP contribution in [0.1, 0.15) is 46.0 Å². The van der Waals surface area contributed by atoms with Gasteiger partial charge in [0.05, 0.1) is 6.54 Å². The van der Waals surface area contributed by atoms with Crippen molar-refractivity contribution in [1.29, 1.82) is 0 Å². The van der Waals surface area contributed by atoms with Gasteiger partial charge < -0.3 is 10.6 Å². The summed E-state index contributed by atoms with van der Waals surface area (Å²) < 4.78 is 0. The Balaban J connectivity index is 0. The summed E-state index contributed by atoms with van der Waals surface area (Å²) in [5.41, 5.74) is 0. The van der Waals surface area contributed by atoms with Crippen LogP contribution < -0.4 is 10.6 Å². The van der Waals surface area contributed by atoms with Gasteiger partial charge in [0.1, 0.15) is 0 Å². The average Bonchev–Trinajstić information content (AvgIpc) is 2.31. The molecule has 0 aliphatic rings. The maximum Gasteiger partial charge on any atom is 0.191 e. The number of nitrogens with one attached hydrogen (secondary N) is 2. The topological polar surface area (TPSA) is 36.4 Å². The van der Waals surface area contributed by atoms with Crippen LogP contribution >= 0.6 is 24.0 Å². The van der Waals surface area contributed by atoms with Gasteiger partial charge in [-0.1, -0.05) is 45.5 Å². The van der Waals surface area contributed by atoms with Gasteiger partial charge in [0.15, 0.2) is 5.96 Å². The largest absolute Gasteiger partial charge is 0.356 e. The molecule has 0 rings (SSSR count). The van der Waals surface area contributed by atoms with E-state index in [1.54, 1.807) is 7.05 Å². The molecule has 3 nitrogen and oxygen atoms in total. The van der Waals surface area contributed by atoms with E-state index in [4.69, 9.17) is 6.42 Å². The normalized spacial score (nSPS) is 10.7. The van der Waals surface area contributed by atoms with Gasteiger partial charge in [0, 0.05) is 13.6 Å². The molecule has 0 aromatic rings. The number of hydrogen-bond acceptors (Lipinski definition) is 1. The lowest BCUT2D eigenvalue weighted by atomic mass is 10.0. The highest BCUT2D eigenvalue weighted by Crippen LogP contribution is 2.08. The van der Waals surface area contributed by atoms with Crippen LogP contribution in [0.3, 0.4) is 0 Å². The monoisotopic (exact) mass is 365 g/mol. The average molecular weight is 365 g/mol. The van der Waals surface area contributed by atoms with Crippen molar-refractivity contribution >= 4 is 29.9 Å². The molecule has 2 N–H and O–H groups in total. The Kier molecular flexibility index (Phi) is 16.2. The highest BCUT2D eigenvalue weighted by Gasteiger charge is 1.96. The second kappa shape index (κ2) is 14.6. The van der Waals surface area contributed by atoms with Crippen LogP contribution in [-0.2, 0) is 0 Å². The molecule has 18 heavy (non-hydrogen) atoms. The zero-order valence-corrected chi connectivity index (χ0v) is 14.3. The van der Waals surface area contributed by atoms with E-state index in [1.807, 2.05) is 0 Å². The number of aliphatic imine (C=N–C) groups is 1. The van der Waals surface area contributed by atoms with Gasteiger partial charge in [0.25, 0.3) is 0 Å². The molecule has 0 aromatic heterocycles. The molecule has 0 saturated heterocycles. The highest BCUT2D eigenvalue weighted by molar-refractivity contribution is 14.0. The second-order valence-electron chi connectivity index (χ2n) is 4.65. The van der Waals surface area contributed by atoms with Crippen LogP contribution in [0, 0.1) is 18.3 Å². The number of terminal acetylenes is 1. The van der Waals surface area contributed by atoms with Crippen LogP contribution in [0.5, 0.6) is 0 Å². The van der Waals surface area contributed by atoms with Crippen molar-refractivity contribution in [1.82, 2.24) is 10.6 Å². The second-order valence-corrected chi connectivity index (χ2v) is 4.65. The summed E-state index contributed by atoms with van der Waals surface area (Å²) in [5.74, 6) is 4.16. The van der Waals surface area contributed by atoms with Crippen LogP contribution in [-0.4, -0.2) is 26.1 Å². The van der Waals surface area contributed by atoms with Crippen molar-refractivity contribution in [3.63, 3.8) is 0 Å². The van der Waals surface area contributed by atoms with Gasteiger partial charge in [-0.25, -0.2) is 0 Å². The zero-order chi connectivity index (χ0) is 12.9. The number of nitrogens with zero attached hydrogens (tertiary/aromatic N) is 1. The minimum atomic E-state index is 0. The molecule has 0 heterocycles. The minimum absolute atomic E-state index is 0. The molecule has 0 spiro atoms. The van der Waals surface area contributed by atoms with Gasteiger partial charge in [-0.2, -0.15) is 0 Å². The first-order valence-electron chi connectivity index (χ1n) is 6.58. The van der Waals surface area contributed by atoms with E-state index in [-0.39, 0.29) is 24.0 Å². The minimum Gasteiger partial charge on any atom is -0.356 e. The molecular formula is C14H28IN3. The summed E-state index contributed by atoms with van der Waals surface area (Å²) in [6.07, 6.45) is 11.7. The van der Waals surface area contributed by atoms with E-state index in [2.05, 4.69) is 35.4 Å². The van der Waals surface area contributed by atoms with E-state index in [9.17, 15) is 0 Å². The third kappa shape index (κ3) is 13.6. The molecule has 0 radical (unpaired) electrons. The van der Waals surface area contributed by atoms with Crippen molar-refractivity contribution in [2.75, 3.05) is 20.1 Å². The first-order valence-corrected chi connectivity index (χ1v) is 6.58. The summed E-state index contributed by atoms with van der Waals surface area (Å²) in [5, 5.41) is 6.29. The molecule has 0 aromatic carbocycles. The highest BCUT2D eigenvalue weighted by atomic mass is 127. The van der Waals surface area contributed by atoms with Crippen molar-refractivity contribution in [3.8, 4) is 12.3 Å². The smallest absolute Gasteiger partial charge is 0.191 e. The predicted molar refractivity (Wildman–Crippen MR) is 91.5 cm³/mol. The fraction of sp³-hybridized carbons (Fsp3) is 0.786. The predicted octanol–water partition coefficient (Wildman–Crippen LogP) is 3.01. The Labute approximate surface area is 130 Å². The van der Waals surface area contributed by atoms with Crippen molar-refractivity contribution in [2.24, 2.45) is 10.9 Å². The first-order chi connectivity index (χ1) is 8.20. The SMILES string of the molecule is C#CCNC(=NC)NCCCCCCC(C)C.I. The van der Waals surface area contributed by atoms with E-state index in [1.165, 1.54) is 32.1 Å². The fourth-order valence-electron chi connectivity index (χ4n) is 1.59. The summed E-state index contributed by atoms with van der Waals surface area (Å²) in [7, 11) is 1.76. The van der Waals surface area contributed by atoms with Gasteiger partial charge in [-0.15, -0.1) is 30.4 Å². The van der Waals surface area contributed by atoms with E-state index in [0.717, 1.165) is 18.4 Å². The Hall–Kier alpha value is -0.440. The standard InChI is InChI=1S/C14H27N3.HI/c1-5-11-16-14(15-4)17-12-9-7-6-8-10-13(2)3;/h1,13H,6-12H2,2-4H3,(H2,15,16,17);1H.